The lowest BCUT2D eigenvalue weighted by molar-refractivity contribution is -0.734. The quantitative estimate of drug-likeness (QED) is 0.651. The van der Waals surface area contributed by atoms with Gasteiger partial charge in [0.15, 0.2) is 7.05 Å². The molecule has 0 aliphatic carbocycles. The van der Waals surface area contributed by atoms with E-state index in [1.165, 1.54) is 11.4 Å². The molecule has 0 amide bonds. The maximum Gasteiger partial charge on any atom is 0.210 e. The van der Waals surface area contributed by atoms with Gasteiger partial charge in [0.2, 0.25) is 5.69 Å². The van der Waals surface area contributed by atoms with Crippen LogP contribution in [0.25, 0.3) is 0 Å². The molecule has 1 heterocycles. The summed E-state index contributed by atoms with van der Waals surface area (Å²) in [6, 6.07) is 2.26. The van der Waals surface area contributed by atoms with Crippen molar-refractivity contribution in [3.8, 4) is 0 Å². The summed E-state index contributed by atoms with van der Waals surface area (Å²) in [7, 11) is 2.07. The molecular weight excluding hydrogens is 148 g/mol. The number of aryl methyl sites for hydroxylation is 1. The van der Waals surface area contributed by atoms with Gasteiger partial charge in [0.05, 0.1) is 5.69 Å². The van der Waals surface area contributed by atoms with Gasteiger partial charge in [-0.25, -0.2) is 0 Å². The molecule has 2 heteroatoms. The summed E-state index contributed by atoms with van der Waals surface area (Å²) in [5, 5.41) is 3.34. The number of hydrogen-bond donors (Lipinski definition) is 1. The summed E-state index contributed by atoms with van der Waals surface area (Å²) in [5.74, 6) is 1.18. The van der Waals surface area contributed by atoms with Crippen LogP contribution in [-0.4, -0.2) is 5.10 Å². The summed E-state index contributed by atoms with van der Waals surface area (Å²) in [4.78, 5) is 0. The molecule has 0 bridgehead atoms. The Labute approximate surface area is 74.6 Å². The zero-order chi connectivity index (χ0) is 9.30. The number of nitrogens with zero attached hydrogens (tertiary/aromatic N) is 1. The lowest BCUT2D eigenvalue weighted by Gasteiger charge is -1.94. The maximum absolute atomic E-state index is 3.34. The fraction of sp³-hybridized carbons (Fsp3) is 0.700. The first-order valence-corrected chi connectivity index (χ1v) is 4.61. The second-order valence-electron chi connectivity index (χ2n) is 4.00. The predicted molar refractivity (Wildman–Crippen MR) is 50.1 cm³/mol. The Morgan fingerprint density at radius 3 is 2.00 bits per heavy atom. The third-order valence-corrected chi connectivity index (χ3v) is 2.20. The second-order valence-corrected chi connectivity index (χ2v) is 4.00. The Bertz CT molecular complexity index is 259. The van der Waals surface area contributed by atoms with Gasteiger partial charge in [-0.3, -0.25) is 0 Å². The Morgan fingerprint density at radius 2 is 1.75 bits per heavy atom. The van der Waals surface area contributed by atoms with E-state index in [9.17, 15) is 0 Å². The Balaban J connectivity index is 3.00. The van der Waals surface area contributed by atoms with Crippen molar-refractivity contribution in [2.75, 3.05) is 0 Å². The molecule has 0 fully saturated rings. The van der Waals surface area contributed by atoms with Crippen molar-refractivity contribution >= 4 is 0 Å². The number of rotatable bonds is 2. The Hall–Kier alpha value is -0.790. The summed E-state index contributed by atoms with van der Waals surface area (Å²) >= 11 is 0. The van der Waals surface area contributed by atoms with Crippen molar-refractivity contribution in [3.63, 3.8) is 0 Å². The van der Waals surface area contributed by atoms with Crippen LogP contribution in [0, 0.1) is 0 Å². The summed E-state index contributed by atoms with van der Waals surface area (Å²) in [6.45, 7) is 8.84. The number of hydrogen-bond acceptors (Lipinski definition) is 0. The molecule has 1 aromatic heterocycles. The summed E-state index contributed by atoms with van der Waals surface area (Å²) in [5.41, 5.74) is 2.69. The maximum atomic E-state index is 3.34. The number of H-pyrrole nitrogens is 1. The molecule has 0 atom stereocenters. The number of aromatic amines is 1. The van der Waals surface area contributed by atoms with E-state index in [1.54, 1.807) is 0 Å². The van der Waals surface area contributed by atoms with Gasteiger partial charge in [-0.1, -0.05) is 27.7 Å². The smallest absolute Gasteiger partial charge is 0.170 e. The van der Waals surface area contributed by atoms with Gasteiger partial charge in [0, 0.05) is 12.0 Å². The van der Waals surface area contributed by atoms with Gasteiger partial charge >= 0.3 is 0 Å². The first kappa shape index (κ1) is 9.30. The fourth-order valence-electron chi connectivity index (χ4n) is 1.40. The molecule has 1 aromatic rings. The third-order valence-electron chi connectivity index (χ3n) is 2.20. The molecule has 0 aromatic carbocycles. The van der Waals surface area contributed by atoms with E-state index in [0.717, 1.165) is 0 Å². The Kier molecular flexibility index (Phi) is 2.55. The van der Waals surface area contributed by atoms with E-state index in [0.29, 0.717) is 11.8 Å². The van der Waals surface area contributed by atoms with Crippen LogP contribution in [0.1, 0.15) is 50.9 Å². The van der Waals surface area contributed by atoms with Gasteiger partial charge in [0.1, 0.15) is 0 Å². The molecule has 0 aliphatic heterocycles. The van der Waals surface area contributed by atoms with Crippen LogP contribution in [0.4, 0.5) is 0 Å². The van der Waals surface area contributed by atoms with E-state index in [4.69, 9.17) is 0 Å². The van der Waals surface area contributed by atoms with Crippen LogP contribution in [0.5, 0.6) is 0 Å². The predicted octanol–water partition coefficient (Wildman–Crippen LogP) is 2.09. The van der Waals surface area contributed by atoms with E-state index >= 15 is 0 Å². The van der Waals surface area contributed by atoms with Gasteiger partial charge in [-0.05, 0) is 5.92 Å². The molecule has 0 saturated carbocycles. The molecule has 1 N–H and O–H groups in total. The SMILES string of the molecule is CC(C)c1cc(C(C)C)[n+](C)[nH]1. The van der Waals surface area contributed by atoms with Gasteiger partial charge in [0.25, 0.3) is 0 Å². The zero-order valence-electron chi connectivity index (χ0n) is 8.68. The minimum absolute atomic E-state index is 0.587. The van der Waals surface area contributed by atoms with Crippen LogP contribution in [0.3, 0.4) is 0 Å². The lowest BCUT2D eigenvalue weighted by atomic mass is 10.1. The first-order chi connectivity index (χ1) is 5.52. The average molecular weight is 167 g/mol. The highest BCUT2D eigenvalue weighted by Crippen LogP contribution is 2.15. The normalized spacial score (nSPS) is 11.6. The highest BCUT2D eigenvalue weighted by molar-refractivity contribution is 5.10. The largest absolute Gasteiger partial charge is 0.210 e. The third kappa shape index (κ3) is 1.68. The van der Waals surface area contributed by atoms with Gasteiger partial charge in [-0.15, -0.1) is 4.68 Å². The van der Waals surface area contributed by atoms with Crippen molar-refractivity contribution in [2.24, 2.45) is 7.05 Å². The van der Waals surface area contributed by atoms with Crippen molar-refractivity contribution < 1.29 is 4.68 Å². The number of nitrogens with one attached hydrogen (secondary N) is 1. The highest BCUT2D eigenvalue weighted by atomic mass is 15.3. The molecule has 0 unspecified atom stereocenters. The molecule has 68 valence electrons. The Morgan fingerprint density at radius 1 is 1.17 bits per heavy atom. The lowest BCUT2D eigenvalue weighted by Crippen LogP contribution is -2.35. The molecule has 0 radical (unpaired) electrons. The minimum Gasteiger partial charge on any atom is -0.170 e. The topological polar surface area (TPSA) is 19.7 Å². The highest BCUT2D eigenvalue weighted by Gasteiger charge is 2.16. The standard InChI is InChI=1S/C10H18N2/c1-7(2)9-6-10(8(3)4)12(5)11-9/h6-8H,1-5H3/p+1. The van der Waals surface area contributed by atoms with Crippen molar-refractivity contribution in [2.45, 2.75) is 39.5 Å². The molecule has 0 aliphatic rings. The van der Waals surface area contributed by atoms with Gasteiger partial charge in [-0.2, -0.15) is 5.10 Å². The van der Waals surface area contributed by atoms with Crippen LogP contribution in [0.15, 0.2) is 6.07 Å². The van der Waals surface area contributed by atoms with Crippen LogP contribution in [0.2, 0.25) is 0 Å². The average Bonchev–Trinajstić information content (AvgIpc) is 2.30. The monoisotopic (exact) mass is 167 g/mol. The van der Waals surface area contributed by atoms with Crippen molar-refractivity contribution in [1.82, 2.24) is 5.10 Å². The van der Waals surface area contributed by atoms with E-state index in [-0.39, 0.29) is 0 Å². The molecule has 12 heavy (non-hydrogen) atoms. The summed E-state index contributed by atoms with van der Waals surface area (Å²) < 4.78 is 2.11. The molecular formula is C10H19N2+. The first-order valence-electron chi connectivity index (χ1n) is 4.61. The fourth-order valence-corrected chi connectivity index (χ4v) is 1.40. The van der Waals surface area contributed by atoms with E-state index in [1.807, 2.05) is 0 Å². The summed E-state index contributed by atoms with van der Waals surface area (Å²) in [6.07, 6.45) is 0. The molecule has 2 nitrogen and oxygen atoms in total. The van der Waals surface area contributed by atoms with Crippen molar-refractivity contribution in [3.05, 3.63) is 17.5 Å². The molecule has 1 rings (SSSR count). The van der Waals surface area contributed by atoms with Crippen LogP contribution >= 0.6 is 0 Å². The zero-order valence-corrected chi connectivity index (χ0v) is 8.68. The van der Waals surface area contributed by atoms with Crippen LogP contribution < -0.4 is 4.68 Å². The van der Waals surface area contributed by atoms with Crippen molar-refractivity contribution in [1.29, 1.82) is 0 Å². The van der Waals surface area contributed by atoms with E-state index in [2.05, 4.69) is 50.6 Å². The minimum atomic E-state index is 0.587. The van der Waals surface area contributed by atoms with Crippen LogP contribution in [-0.2, 0) is 7.05 Å². The van der Waals surface area contributed by atoms with E-state index < -0.39 is 0 Å². The number of aromatic nitrogens is 2. The molecule has 0 spiro atoms. The van der Waals surface area contributed by atoms with Gasteiger partial charge < -0.3 is 0 Å². The second kappa shape index (κ2) is 3.30. The molecule has 0 saturated heterocycles.